The van der Waals surface area contributed by atoms with Crippen LogP contribution in [0.4, 0.5) is 0 Å². The normalized spacial score (nSPS) is 13.5. The Kier molecular flexibility index (Phi) is 11.1. The van der Waals surface area contributed by atoms with Crippen molar-refractivity contribution in [1.29, 1.82) is 0 Å². The second-order valence-corrected chi connectivity index (χ2v) is 10.3. The van der Waals surface area contributed by atoms with E-state index in [2.05, 4.69) is 4.99 Å². The van der Waals surface area contributed by atoms with Crippen molar-refractivity contribution in [3.63, 3.8) is 0 Å². The van der Waals surface area contributed by atoms with Crippen LogP contribution in [0.5, 0.6) is 34.5 Å². The molecule has 0 radical (unpaired) electrons. The van der Waals surface area contributed by atoms with Crippen molar-refractivity contribution >= 4 is 39.4 Å². The molecule has 1 amide bonds. The van der Waals surface area contributed by atoms with Crippen LogP contribution < -0.4 is 68.5 Å². The summed E-state index contributed by atoms with van der Waals surface area (Å²) in [5.41, 5.74) is 1.75. The molecule has 5 rings (SSSR count). The topological polar surface area (TPSA) is 138 Å². The number of ether oxygens (including phenoxy) is 6. The van der Waals surface area contributed by atoms with E-state index in [9.17, 15) is 14.7 Å². The van der Waals surface area contributed by atoms with E-state index in [1.54, 1.807) is 61.5 Å². The summed E-state index contributed by atoms with van der Waals surface area (Å²) in [6, 6.07) is 15.3. The van der Waals surface area contributed by atoms with Crippen LogP contribution in [0, 0.1) is 0 Å². The van der Waals surface area contributed by atoms with Gasteiger partial charge in [-0.25, -0.2) is 4.99 Å². The Balaban J connectivity index is 0.00000461. The number of benzene rings is 3. The first-order chi connectivity index (χ1) is 21.3. The number of amides is 1. The van der Waals surface area contributed by atoms with Gasteiger partial charge in [0, 0.05) is 22.9 Å². The summed E-state index contributed by atoms with van der Waals surface area (Å²) in [7, 11) is 6.00. The van der Waals surface area contributed by atoms with E-state index in [1.165, 1.54) is 28.4 Å². The van der Waals surface area contributed by atoms with Crippen LogP contribution in [0.3, 0.4) is 0 Å². The standard InChI is InChI=1S/C32H29NO10S.Na/c1-17(30-31(35)33-32(36)44-30)18-6-9-20(10-7-18)41-12-13-42-29-27(34)26-24(40-5)15-21(37-2)16-25(26)43-28(29)19-8-11-22(38-3)23(14-19)39-4;/h6-11,14-16H,12-13H2,1-5H3,(H,33,35,36);/q;+1/p-1/b30-17-;. The minimum absolute atomic E-state index is 0. The number of rotatable bonds is 11. The molecule has 1 aromatic heterocycles. The molecule has 11 nitrogen and oxygen atoms in total. The monoisotopic (exact) mass is 641 g/mol. The van der Waals surface area contributed by atoms with Gasteiger partial charge in [0.05, 0.1) is 33.3 Å². The van der Waals surface area contributed by atoms with Gasteiger partial charge in [-0.15, -0.1) is 0 Å². The van der Waals surface area contributed by atoms with E-state index in [0.29, 0.717) is 39.0 Å². The molecular weight excluding hydrogens is 613 g/mol. The fraction of sp³-hybridized carbons (Fsp3) is 0.219. The maximum Gasteiger partial charge on any atom is 1.00 e. The first kappa shape index (κ1) is 33.8. The van der Waals surface area contributed by atoms with E-state index < -0.39 is 16.6 Å². The van der Waals surface area contributed by atoms with Crippen LogP contribution in [-0.4, -0.2) is 52.8 Å². The summed E-state index contributed by atoms with van der Waals surface area (Å²) in [5.74, 6) is 1.83. The molecule has 0 atom stereocenters. The Morgan fingerprint density at radius 3 is 2.13 bits per heavy atom. The fourth-order valence-corrected chi connectivity index (χ4v) is 5.29. The van der Waals surface area contributed by atoms with E-state index in [1.807, 2.05) is 0 Å². The van der Waals surface area contributed by atoms with Gasteiger partial charge in [-0.05, 0) is 48.4 Å². The van der Waals surface area contributed by atoms with Crippen molar-refractivity contribution in [2.45, 2.75) is 6.92 Å². The summed E-state index contributed by atoms with van der Waals surface area (Å²) in [5, 5.41) is 11.1. The van der Waals surface area contributed by atoms with Gasteiger partial charge < -0.3 is 37.9 Å². The molecule has 2 heterocycles. The summed E-state index contributed by atoms with van der Waals surface area (Å²) < 4.78 is 39.7. The predicted molar refractivity (Wildman–Crippen MR) is 164 cm³/mol. The van der Waals surface area contributed by atoms with Gasteiger partial charge in [0.1, 0.15) is 41.4 Å². The molecule has 0 unspecified atom stereocenters. The molecule has 0 fully saturated rings. The number of aliphatic imine (C=N–C) groups is 1. The van der Waals surface area contributed by atoms with Crippen LogP contribution in [-0.2, 0) is 4.79 Å². The van der Waals surface area contributed by atoms with Gasteiger partial charge in [0.25, 0.3) is 5.91 Å². The molecule has 4 aromatic rings. The second kappa shape index (κ2) is 14.8. The minimum atomic E-state index is -0.530. The number of carbonyl (C=O) groups is 1. The molecule has 0 saturated heterocycles. The van der Waals surface area contributed by atoms with Crippen molar-refractivity contribution in [2.24, 2.45) is 4.99 Å². The molecule has 0 saturated carbocycles. The van der Waals surface area contributed by atoms with E-state index in [-0.39, 0.29) is 71.0 Å². The van der Waals surface area contributed by atoms with Gasteiger partial charge in [-0.2, -0.15) is 0 Å². The minimum Gasteiger partial charge on any atom is -0.853 e. The van der Waals surface area contributed by atoms with Crippen LogP contribution in [0.15, 0.2) is 73.7 Å². The number of allylic oxidation sites excluding steroid dienone is 1. The third kappa shape index (κ3) is 7.09. The zero-order valence-corrected chi connectivity index (χ0v) is 28.4. The molecule has 0 aliphatic carbocycles. The Morgan fingerprint density at radius 1 is 0.822 bits per heavy atom. The molecule has 13 heteroatoms. The molecule has 228 valence electrons. The Morgan fingerprint density at radius 2 is 1.51 bits per heavy atom. The molecule has 3 aromatic carbocycles. The fourth-order valence-electron chi connectivity index (χ4n) is 4.58. The maximum absolute atomic E-state index is 13.8. The molecule has 0 N–H and O–H groups in total. The maximum atomic E-state index is 13.8. The Bertz CT molecular complexity index is 1850. The van der Waals surface area contributed by atoms with Crippen molar-refractivity contribution < 1.29 is 72.3 Å². The predicted octanol–water partition coefficient (Wildman–Crippen LogP) is 1.68. The molecule has 45 heavy (non-hydrogen) atoms. The van der Waals surface area contributed by atoms with Gasteiger partial charge >= 0.3 is 29.6 Å². The Hall–Kier alpha value is -4.10. The number of hydrogen-bond donors (Lipinski definition) is 0. The van der Waals surface area contributed by atoms with Gasteiger partial charge in [0.15, 0.2) is 17.3 Å². The van der Waals surface area contributed by atoms with Gasteiger partial charge in [-0.1, -0.05) is 23.9 Å². The third-order valence-corrected chi connectivity index (χ3v) is 7.75. The molecule has 0 bridgehead atoms. The van der Waals surface area contributed by atoms with Crippen molar-refractivity contribution in [2.75, 3.05) is 41.7 Å². The van der Waals surface area contributed by atoms with Crippen LogP contribution >= 0.6 is 11.8 Å². The molecular formula is C32H28NNaO10S. The van der Waals surface area contributed by atoms with Crippen LogP contribution in [0.2, 0.25) is 0 Å². The van der Waals surface area contributed by atoms with Gasteiger partial charge in [-0.3, -0.25) is 9.59 Å². The number of carbonyl (C=O) groups excluding carboxylic acids is 1. The zero-order chi connectivity index (χ0) is 31.4. The summed E-state index contributed by atoms with van der Waals surface area (Å²) >= 11 is 0.821. The second-order valence-electron chi connectivity index (χ2n) is 9.32. The molecule has 1 aliphatic heterocycles. The molecule has 0 spiro atoms. The van der Waals surface area contributed by atoms with Crippen LogP contribution in [0.25, 0.3) is 27.9 Å². The third-order valence-electron chi connectivity index (χ3n) is 6.80. The average molecular weight is 642 g/mol. The zero-order valence-electron chi connectivity index (χ0n) is 25.5. The largest absolute Gasteiger partial charge is 1.00 e. The van der Waals surface area contributed by atoms with E-state index in [0.717, 1.165) is 17.3 Å². The van der Waals surface area contributed by atoms with E-state index in [4.69, 9.17) is 32.8 Å². The first-order valence-electron chi connectivity index (χ1n) is 13.3. The summed E-state index contributed by atoms with van der Waals surface area (Å²) in [6.07, 6.45) is 0. The first-order valence-corrected chi connectivity index (χ1v) is 14.1. The van der Waals surface area contributed by atoms with Crippen molar-refractivity contribution in [3.05, 3.63) is 75.3 Å². The van der Waals surface area contributed by atoms with Crippen molar-refractivity contribution in [3.8, 4) is 45.8 Å². The van der Waals surface area contributed by atoms with E-state index >= 15 is 0 Å². The number of fused-ring (bicyclic) bond motifs is 1. The number of thioether (sulfide) groups is 1. The number of nitrogens with zero attached hydrogens (tertiary/aromatic N) is 1. The SMILES string of the molecule is COc1cc(OC)c2c(=O)c(OCCOc3ccc(/C(C)=C4\SC([O-])=NC4=O)cc3)c(-c3ccc(OC)c(OC)c3)oc2c1.[Na+]. The average Bonchev–Trinajstić information content (AvgIpc) is 3.39. The summed E-state index contributed by atoms with van der Waals surface area (Å²) in [6.45, 7) is 1.87. The van der Waals surface area contributed by atoms with Gasteiger partial charge in [0.2, 0.25) is 11.2 Å². The van der Waals surface area contributed by atoms with Crippen molar-refractivity contribution in [1.82, 2.24) is 0 Å². The quantitative estimate of drug-likeness (QED) is 0.134. The number of methoxy groups -OCH3 is 4. The van der Waals surface area contributed by atoms with Crippen LogP contribution in [0.1, 0.15) is 12.5 Å². The Labute approximate surface area is 285 Å². The summed E-state index contributed by atoms with van der Waals surface area (Å²) in [4.78, 5) is 29.5. The molecule has 1 aliphatic rings. The number of hydrogen-bond acceptors (Lipinski definition) is 11. The smallest absolute Gasteiger partial charge is 0.853 e.